The van der Waals surface area contributed by atoms with Gasteiger partial charge < -0.3 is 4.90 Å². The molecule has 0 N–H and O–H groups in total. The first kappa shape index (κ1) is 9.52. The van der Waals surface area contributed by atoms with Crippen molar-refractivity contribution < 1.29 is 4.79 Å². The molecular weight excluding hydrogens is 162 g/mol. The summed E-state index contributed by atoms with van der Waals surface area (Å²) < 4.78 is 0. The van der Waals surface area contributed by atoms with Gasteiger partial charge in [-0.05, 0) is 23.8 Å². The van der Waals surface area contributed by atoms with Crippen molar-refractivity contribution in [2.75, 3.05) is 19.0 Å². The number of anilines is 1. The van der Waals surface area contributed by atoms with E-state index in [4.69, 9.17) is 0 Å². The number of hydrogen-bond acceptors (Lipinski definition) is 2. The van der Waals surface area contributed by atoms with Gasteiger partial charge in [0.15, 0.2) is 0 Å². The molecule has 0 atom stereocenters. The minimum Gasteiger partial charge on any atom is -0.378 e. The van der Waals surface area contributed by atoms with E-state index >= 15 is 0 Å². The molecule has 0 saturated carbocycles. The SMILES string of the molecule is CN(C)c1cccc(/C=C/C=O)c1. The molecule has 2 nitrogen and oxygen atoms in total. The van der Waals surface area contributed by atoms with Gasteiger partial charge in [-0.3, -0.25) is 4.79 Å². The predicted octanol–water partition coefficient (Wildman–Crippen LogP) is 1.96. The molecule has 0 aliphatic rings. The molecule has 0 saturated heterocycles. The highest BCUT2D eigenvalue weighted by molar-refractivity contribution is 5.74. The normalized spacial score (nSPS) is 10.3. The Kier molecular flexibility index (Phi) is 3.26. The van der Waals surface area contributed by atoms with E-state index in [0.29, 0.717) is 0 Å². The van der Waals surface area contributed by atoms with Crippen molar-refractivity contribution in [1.29, 1.82) is 0 Å². The van der Waals surface area contributed by atoms with Gasteiger partial charge in [-0.25, -0.2) is 0 Å². The Morgan fingerprint density at radius 2 is 2.08 bits per heavy atom. The minimum absolute atomic E-state index is 0.780. The number of allylic oxidation sites excluding steroid dienone is 1. The zero-order valence-corrected chi connectivity index (χ0v) is 7.90. The maximum Gasteiger partial charge on any atom is 0.142 e. The number of nitrogens with zero attached hydrogens (tertiary/aromatic N) is 1. The Labute approximate surface area is 78.5 Å². The molecule has 0 unspecified atom stereocenters. The average Bonchev–Trinajstić information content (AvgIpc) is 2.15. The van der Waals surface area contributed by atoms with E-state index in [0.717, 1.165) is 17.5 Å². The van der Waals surface area contributed by atoms with E-state index in [1.54, 1.807) is 6.08 Å². The van der Waals surface area contributed by atoms with Gasteiger partial charge >= 0.3 is 0 Å². The topological polar surface area (TPSA) is 20.3 Å². The zero-order valence-electron chi connectivity index (χ0n) is 7.90. The van der Waals surface area contributed by atoms with Crippen molar-refractivity contribution in [3.63, 3.8) is 0 Å². The second-order valence-electron chi connectivity index (χ2n) is 2.98. The molecule has 0 aliphatic carbocycles. The molecule has 0 heterocycles. The monoisotopic (exact) mass is 175 g/mol. The van der Waals surface area contributed by atoms with Crippen molar-refractivity contribution in [2.24, 2.45) is 0 Å². The molecule has 13 heavy (non-hydrogen) atoms. The first-order valence-electron chi connectivity index (χ1n) is 4.13. The summed E-state index contributed by atoms with van der Waals surface area (Å²) in [6.45, 7) is 0. The van der Waals surface area contributed by atoms with E-state index in [-0.39, 0.29) is 0 Å². The van der Waals surface area contributed by atoms with Gasteiger partial charge in [-0.1, -0.05) is 18.2 Å². The number of carbonyl (C=O) groups excluding carboxylic acids is 1. The highest BCUT2D eigenvalue weighted by Crippen LogP contribution is 2.13. The van der Waals surface area contributed by atoms with Crippen LogP contribution in [0.2, 0.25) is 0 Å². The highest BCUT2D eigenvalue weighted by Gasteiger charge is 1.93. The number of rotatable bonds is 3. The number of aldehydes is 1. The van der Waals surface area contributed by atoms with Crippen LogP contribution in [0.15, 0.2) is 30.3 Å². The zero-order chi connectivity index (χ0) is 9.68. The molecule has 0 aliphatic heterocycles. The maximum absolute atomic E-state index is 10.1. The molecule has 0 bridgehead atoms. The second-order valence-corrected chi connectivity index (χ2v) is 2.98. The van der Waals surface area contributed by atoms with Gasteiger partial charge in [0.05, 0.1) is 0 Å². The molecule has 68 valence electrons. The lowest BCUT2D eigenvalue weighted by atomic mass is 10.2. The van der Waals surface area contributed by atoms with Crippen LogP contribution in [0.1, 0.15) is 5.56 Å². The van der Waals surface area contributed by atoms with Crippen molar-refractivity contribution >= 4 is 18.0 Å². The molecule has 0 aromatic heterocycles. The minimum atomic E-state index is 0.780. The van der Waals surface area contributed by atoms with Crippen molar-refractivity contribution in [3.05, 3.63) is 35.9 Å². The van der Waals surface area contributed by atoms with Crippen LogP contribution in [-0.2, 0) is 4.79 Å². The van der Waals surface area contributed by atoms with E-state index < -0.39 is 0 Å². The van der Waals surface area contributed by atoms with E-state index in [1.807, 2.05) is 43.3 Å². The summed E-state index contributed by atoms with van der Waals surface area (Å²) in [5, 5.41) is 0. The fourth-order valence-electron chi connectivity index (χ4n) is 1.06. The van der Waals surface area contributed by atoms with Gasteiger partial charge in [0.1, 0.15) is 6.29 Å². The Hall–Kier alpha value is -1.57. The third-order valence-electron chi connectivity index (χ3n) is 1.75. The van der Waals surface area contributed by atoms with Crippen molar-refractivity contribution in [2.45, 2.75) is 0 Å². The van der Waals surface area contributed by atoms with Gasteiger partial charge in [0.25, 0.3) is 0 Å². The Morgan fingerprint density at radius 3 is 2.69 bits per heavy atom. The van der Waals surface area contributed by atoms with Gasteiger partial charge in [0.2, 0.25) is 0 Å². The lowest BCUT2D eigenvalue weighted by molar-refractivity contribution is -0.104. The van der Waals surface area contributed by atoms with Gasteiger partial charge in [0, 0.05) is 19.8 Å². The predicted molar refractivity (Wildman–Crippen MR) is 55.9 cm³/mol. The first-order chi connectivity index (χ1) is 6.24. The Bertz CT molecular complexity index is 316. The molecule has 1 rings (SSSR count). The van der Waals surface area contributed by atoms with Crippen LogP contribution in [0, 0.1) is 0 Å². The molecule has 0 spiro atoms. The largest absolute Gasteiger partial charge is 0.378 e. The summed E-state index contributed by atoms with van der Waals surface area (Å²) >= 11 is 0. The van der Waals surface area contributed by atoms with Crippen LogP contribution in [0.3, 0.4) is 0 Å². The van der Waals surface area contributed by atoms with Crippen LogP contribution in [0.4, 0.5) is 5.69 Å². The van der Waals surface area contributed by atoms with Crippen LogP contribution < -0.4 is 4.90 Å². The maximum atomic E-state index is 10.1. The second kappa shape index (κ2) is 4.45. The van der Waals surface area contributed by atoms with Gasteiger partial charge in [-0.15, -0.1) is 0 Å². The Balaban J connectivity index is 2.91. The summed E-state index contributed by atoms with van der Waals surface area (Å²) in [5.74, 6) is 0. The lowest BCUT2D eigenvalue weighted by Crippen LogP contribution is -2.08. The molecule has 1 aromatic rings. The number of carbonyl (C=O) groups is 1. The van der Waals surface area contributed by atoms with Crippen LogP contribution >= 0.6 is 0 Å². The molecule has 0 fully saturated rings. The molecule has 0 amide bonds. The molecule has 1 aromatic carbocycles. The quantitative estimate of drug-likeness (QED) is 0.517. The Morgan fingerprint density at radius 1 is 1.31 bits per heavy atom. The summed E-state index contributed by atoms with van der Waals surface area (Å²) in [6, 6.07) is 7.99. The van der Waals surface area contributed by atoms with Gasteiger partial charge in [-0.2, -0.15) is 0 Å². The van der Waals surface area contributed by atoms with Crippen LogP contribution in [-0.4, -0.2) is 20.4 Å². The first-order valence-corrected chi connectivity index (χ1v) is 4.13. The van der Waals surface area contributed by atoms with Crippen molar-refractivity contribution in [1.82, 2.24) is 0 Å². The average molecular weight is 175 g/mol. The van der Waals surface area contributed by atoms with E-state index in [1.165, 1.54) is 6.08 Å². The standard InChI is InChI=1S/C11H13NO/c1-12(2)11-7-3-5-10(9-11)6-4-8-13/h3-9H,1-2H3/b6-4+. The third-order valence-corrected chi connectivity index (χ3v) is 1.75. The molecule has 2 heteroatoms. The summed E-state index contributed by atoms with van der Waals surface area (Å²) in [5.41, 5.74) is 2.17. The highest BCUT2D eigenvalue weighted by atomic mass is 16.1. The number of benzene rings is 1. The third kappa shape index (κ3) is 2.75. The number of hydrogen-bond donors (Lipinski definition) is 0. The summed E-state index contributed by atoms with van der Waals surface area (Å²) in [6.07, 6.45) is 4.07. The smallest absolute Gasteiger partial charge is 0.142 e. The summed E-state index contributed by atoms with van der Waals surface area (Å²) in [4.78, 5) is 12.1. The fourth-order valence-corrected chi connectivity index (χ4v) is 1.06. The summed E-state index contributed by atoms with van der Waals surface area (Å²) in [7, 11) is 3.98. The molecule has 0 radical (unpaired) electrons. The van der Waals surface area contributed by atoms with E-state index in [2.05, 4.69) is 0 Å². The fraction of sp³-hybridized carbons (Fsp3) is 0.182. The lowest BCUT2D eigenvalue weighted by Gasteiger charge is -2.12. The van der Waals surface area contributed by atoms with Crippen LogP contribution in [0.5, 0.6) is 0 Å². The van der Waals surface area contributed by atoms with Crippen molar-refractivity contribution in [3.8, 4) is 0 Å². The van der Waals surface area contributed by atoms with Crippen LogP contribution in [0.25, 0.3) is 6.08 Å². The molecular formula is C11H13NO. The van der Waals surface area contributed by atoms with E-state index in [9.17, 15) is 4.79 Å².